The maximum absolute atomic E-state index is 10.3. The fraction of sp³-hybridized carbons (Fsp3) is 1.00. The predicted octanol–water partition coefficient (Wildman–Crippen LogP) is 0.955. The first-order valence-corrected chi connectivity index (χ1v) is 5.19. The van der Waals surface area contributed by atoms with Gasteiger partial charge in [-0.1, -0.05) is 0 Å². The lowest BCUT2D eigenvalue weighted by atomic mass is 9.78. The van der Waals surface area contributed by atoms with Crippen LogP contribution in [0.15, 0.2) is 0 Å². The maximum atomic E-state index is 10.3. The average Bonchev–Trinajstić information content (AvgIpc) is 2.20. The largest absolute Gasteiger partial charge is 0.389 e. The van der Waals surface area contributed by atoms with E-state index in [2.05, 4.69) is 0 Å². The first-order chi connectivity index (χ1) is 6.31. The zero-order chi connectivity index (χ0) is 9.15. The van der Waals surface area contributed by atoms with Crippen molar-refractivity contribution in [2.45, 2.75) is 31.3 Å². The van der Waals surface area contributed by atoms with E-state index in [0.717, 1.165) is 38.9 Å². The Kier molecular flexibility index (Phi) is 2.86. The molecule has 3 nitrogen and oxygen atoms in total. The van der Waals surface area contributed by atoms with Crippen LogP contribution < -0.4 is 0 Å². The van der Waals surface area contributed by atoms with Crippen LogP contribution in [0.25, 0.3) is 0 Å². The number of hydrogen-bond acceptors (Lipinski definition) is 3. The zero-order valence-corrected chi connectivity index (χ0v) is 8.00. The molecule has 2 heterocycles. The van der Waals surface area contributed by atoms with E-state index in [1.807, 2.05) is 0 Å². The van der Waals surface area contributed by atoms with Crippen LogP contribution in [0.1, 0.15) is 25.7 Å². The Morgan fingerprint density at radius 3 is 2.46 bits per heavy atom. The molecule has 3 heteroatoms. The molecule has 0 radical (unpaired) electrons. The van der Waals surface area contributed by atoms with Gasteiger partial charge in [-0.25, -0.2) is 0 Å². The molecule has 0 spiro atoms. The molecule has 0 amide bonds. The molecule has 0 aromatic rings. The minimum Gasteiger partial charge on any atom is -0.389 e. The van der Waals surface area contributed by atoms with Crippen LogP contribution in [0.4, 0.5) is 0 Å². The Balaban J connectivity index is 1.94. The van der Waals surface area contributed by atoms with E-state index in [4.69, 9.17) is 9.47 Å². The smallest absolute Gasteiger partial charge is 0.0741 e. The molecule has 2 saturated heterocycles. The van der Waals surface area contributed by atoms with Crippen LogP contribution in [0.2, 0.25) is 0 Å². The molecule has 0 saturated carbocycles. The monoisotopic (exact) mass is 186 g/mol. The molecule has 1 N–H and O–H groups in total. The van der Waals surface area contributed by atoms with Crippen LogP contribution in [-0.2, 0) is 9.47 Å². The SMILES string of the molecule is OC1(C2CCCOC2)CCOCC1. The molecule has 2 rings (SSSR count). The number of hydrogen-bond donors (Lipinski definition) is 1. The van der Waals surface area contributed by atoms with Crippen molar-refractivity contribution in [1.29, 1.82) is 0 Å². The summed E-state index contributed by atoms with van der Waals surface area (Å²) in [4.78, 5) is 0. The summed E-state index contributed by atoms with van der Waals surface area (Å²) in [6, 6.07) is 0. The number of aliphatic hydroxyl groups is 1. The van der Waals surface area contributed by atoms with Crippen molar-refractivity contribution < 1.29 is 14.6 Å². The Labute approximate surface area is 79.0 Å². The molecule has 13 heavy (non-hydrogen) atoms. The molecule has 2 fully saturated rings. The van der Waals surface area contributed by atoms with Gasteiger partial charge in [0.25, 0.3) is 0 Å². The molecule has 0 aliphatic carbocycles. The van der Waals surface area contributed by atoms with Gasteiger partial charge in [0, 0.05) is 25.7 Å². The number of ether oxygens (including phenoxy) is 2. The third kappa shape index (κ3) is 2.03. The topological polar surface area (TPSA) is 38.7 Å². The summed E-state index contributed by atoms with van der Waals surface area (Å²) in [6.45, 7) is 3.00. The summed E-state index contributed by atoms with van der Waals surface area (Å²) in [6.07, 6.45) is 3.76. The Morgan fingerprint density at radius 1 is 1.08 bits per heavy atom. The summed E-state index contributed by atoms with van der Waals surface area (Å²) in [5.41, 5.74) is -0.501. The van der Waals surface area contributed by atoms with E-state index in [9.17, 15) is 5.11 Å². The van der Waals surface area contributed by atoms with Gasteiger partial charge in [-0.3, -0.25) is 0 Å². The quantitative estimate of drug-likeness (QED) is 0.662. The Morgan fingerprint density at radius 2 is 1.85 bits per heavy atom. The molecule has 0 bridgehead atoms. The van der Waals surface area contributed by atoms with Crippen LogP contribution >= 0.6 is 0 Å². The average molecular weight is 186 g/mol. The second kappa shape index (κ2) is 3.95. The van der Waals surface area contributed by atoms with Gasteiger partial charge in [-0.05, 0) is 25.7 Å². The highest BCUT2D eigenvalue weighted by molar-refractivity contribution is 4.89. The summed E-state index contributed by atoms with van der Waals surface area (Å²) >= 11 is 0. The van der Waals surface area contributed by atoms with Gasteiger partial charge in [0.15, 0.2) is 0 Å². The maximum Gasteiger partial charge on any atom is 0.0741 e. The lowest BCUT2D eigenvalue weighted by molar-refractivity contribution is -0.130. The van der Waals surface area contributed by atoms with Crippen molar-refractivity contribution >= 4 is 0 Å². The highest BCUT2D eigenvalue weighted by Gasteiger charge is 2.38. The van der Waals surface area contributed by atoms with E-state index in [1.54, 1.807) is 0 Å². The minimum atomic E-state index is -0.501. The van der Waals surface area contributed by atoms with Crippen LogP contribution in [0.5, 0.6) is 0 Å². The van der Waals surface area contributed by atoms with E-state index in [1.165, 1.54) is 0 Å². The van der Waals surface area contributed by atoms with Crippen LogP contribution in [-0.4, -0.2) is 37.1 Å². The Bertz CT molecular complexity index is 158. The fourth-order valence-corrected chi connectivity index (χ4v) is 2.30. The summed E-state index contributed by atoms with van der Waals surface area (Å²) in [5.74, 6) is 0.338. The number of rotatable bonds is 1. The van der Waals surface area contributed by atoms with Crippen LogP contribution in [0.3, 0.4) is 0 Å². The predicted molar refractivity (Wildman–Crippen MR) is 48.5 cm³/mol. The van der Waals surface area contributed by atoms with Gasteiger partial charge in [-0.15, -0.1) is 0 Å². The third-order valence-corrected chi connectivity index (χ3v) is 3.28. The van der Waals surface area contributed by atoms with Gasteiger partial charge in [0.2, 0.25) is 0 Å². The van der Waals surface area contributed by atoms with Crippen molar-refractivity contribution in [2.24, 2.45) is 5.92 Å². The van der Waals surface area contributed by atoms with E-state index in [-0.39, 0.29) is 0 Å². The highest BCUT2D eigenvalue weighted by atomic mass is 16.5. The molecule has 1 unspecified atom stereocenters. The van der Waals surface area contributed by atoms with Crippen molar-refractivity contribution in [3.63, 3.8) is 0 Å². The van der Waals surface area contributed by atoms with E-state index < -0.39 is 5.60 Å². The van der Waals surface area contributed by atoms with Crippen molar-refractivity contribution in [2.75, 3.05) is 26.4 Å². The molecule has 1 atom stereocenters. The van der Waals surface area contributed by atoms with Gasteiger partial charge < -0.3 is 14.6 Å². The normalized spacial score (nSPS) is 34.4. The molecular formula is C10H18O3. The molecular weight excluding hydrogens is 168 g/mol. The van der Waals surface area contributed by atoms with Crippen molar-refractivity contribution in [1.82, 2.24) is 0 Å². The molecule has 2 aliphatic rings. The third-order valence-electron chi connectivity index (χ3n) is 3.28. The van der Waals surface area contributed by atoms with Gasteiger partial charge in [-0.2, -0.15) is 0 Å². The zero-order valence-electron chi connectivity index (χ0n) is 8.00. The fourth-order valence-electron chi connectivity index (χ4n) is 2.30. The van der Waals surface area contributed by atoms with Gasteiger partial charge in [0.1, 0.15) is 0 Å². The molecule has 2 aliphatic heterocycles. The summed E-state index contributed by atoms with van der Waals surface area (Å²) < 4.78 is 10.7. The molecule has 0 aromatic heterocycles. The van der Waals surface area contributed by atoms with Gasteiger partial charge in [0.05, 0.1) is 12.2 Å². The van der Waals surface area contributed by atoms with E-state index >= 15 is 0 Å². The highest BCUT2D eigenvalue weighted by Crippen LogP contribution is 2.33. The van der Waals surface area contributed by atoms with Crippen molar-refractivity contribution in [3.8, 4) is 0 Å². The first kappa shape index (κ1) is 9.44. The second-order valence-electron chi connectivity index (χ2n) is 4.13. The molecule has 76 valence electrons. The second-order valence-corrected chi connectivity index (χ2v) is 4.13. The Hall–Kier alpha value is -0.120. The lowest BCUT2D eigenvalue weighted by Gasteiger charge is -2.40. The lowest BCUT2D eigenvalue weighted by Crippen LogP contribution is -2.46. The van der Waals surface area contributed by atoms with Gasteiger partial charge >= 0.3 is 0 Å². The van der Waals surface area contributed by atoms with E-state index in [0.29, 0.717) is 19.1 Å². The summed E-state index contributed by atoms with van der Waals surface area (Å²) in [5, 5.41) is 10.3. The van der Waals surface area contributed by atoms with Crippen LogP contribution in [0, 0.1) is 5.92 Å². The van der Waals surface area contributed by atoms with Crippen molar-refractivity contribution in [3.05, 3.63) is 0 Å². The standard InChI is InChI=1S/C10H18O3/c11-10(3-6-12-7-4-10)9-2-1-5-13-8-9/h9,11H,1-8H2. The first-order valence-electron chi connectivity index (χ1n) is 5.19. The molecule has 0 aromatic carbocycles. The summed E-state index contributed by atoms with van der Waals surface area (Å²) in [7, 11) is 0. The minimum absolute atomic E-state index is 0.338.